The van der Waals surface area contributed by atoms with Gasteiger partial charge in [0.2, 0.25) is 0 Å². The third kappa shape index (κ3) is 3.50. The number of pyridine rings is 1. The fourth-order valence-corrected chi connectivity index (χ4v) is 2.67. The van der Waals surface area contributed by atoms with Gasteiger partial charge in [0, 0.05) is 26.4 Å². The Morgan fingerprint density at radius 2 is 2.12 bits per heavy atom. The van der Waals surface area contributed by atoms with Gasteiger partial charge in [-0.1, -0.05) is 22.0 Å². The van der Waals surface area contributed by atoms with Crippen molar-refractivity contribution in [3.05, 3.63) is 61.9 Å². The second-order valence-electron chi connectivity index (χ2n) is 3.71. The first kappa shape index (κ1) is 13.0. The topological polar surface area (TPSA) is 33.1 Å². The van der Waals surface area contributed by atoms with Crippen LogP contribution in [0.25, 0.3) is 0 Å². The first-order valence-corrected chi connectivity index (χ1v) is 7.07. The maximum atomic E-state index is 10.2. The maximum Gasteiger partial charge on any atom is 0.0856 e. The number of aromatic nitrogens is 1. The van der Waals surface area contributed by atoms with E-state index < -0.39 is 6.10 Å². The molecular weight excluding hydrogens is 393 g/mol. The van der Waals surface area contributed by atoms with Crippen molar-refractivity contribution in [1.82, 2.24) is 4.98 Å². The Labute approximate surface area is 122 Å². The van der Waals surface area contributed by atoms with Crippen LogP contribution < -0.4 is 0 Å². The quantitative estimate of drug-likeness (QED) is 0.792. The second kappa shape index (κ2) is 5.93. The molecule has 0 amide bonds. The molecule has 17 heavy (non-hydrogen) atoms. The molecule has 1 aromatic carbocycles. The zero-order chi connectivity index (χ0) is 12.3. The van der Waals surface area contributed by atoms with Crippen LogP contribution in [-0.4, -0.2) is 10.1 Å². The molecule has 1 heterocycles. The van der Waals surface area contributed by atoms with Crippen LogP contribution >= 0.6 is 38.5 Å². The van der Waals surface area contributed by atoms with E-state index in [1.54, 1.807) is 6.20 Å². The molecule has 2 nitrogen and oxygen atoms in total. The molecule has 1 aromatic heterocycles. The molecule has 0 bridgehead atoms. The van der Waals surface area contributed by atoms with Gasteiger partial charge in [0.1, 0.15) is 0 Å². The van der Waals surface area contributed by atoms with Crippen molar-refractivity contribution >= 4 is 38.5 Å². The smallest absolute Gasteiger partial charge is 0.0856 e. The van der Waals surface area contributed by atoms with Gasteiger partial charge in [-0.25, -0.2) is 0 Å². The highest BCUT2D eigenvalue weighted by Crippen LogP contribution is 2.26. The number of rotatable bonds is 3. The van der Waals surface area contributed by atoms with Crippen molar-refractivity contribution in [2.45, 2.75) is 12.5 Å². The van der Waals surface area contributed by atoms with E-state index >= 15 is 0 Å². The Morgan fingerprint density at radius 1 is 1.29 bits per heavy atom. The van der Waals surface area contributed by atoms with Crippen LogP contribution in [0.1, 0.15) is 17.4 Å². The van der Waals surface area contributed by atoms with Crippen molar-refractivity contribution in [2.24, 2.45) is 0 Å². The highest BCUT2D eigenvalue weighted by molar-refractivity contribution is 14.1. The van der Waals surface area contributed by atoms with Crippen LogP contribution in [0, 0.1) is 3.57 Å². The summed E-state index contributed by atoms with van der Waals surface area (Å²) in [5.41, 5.74) is 1.83. The van der Waals surface area contributed by atoms with E-state index in [1.807, 2.05) is 36.4 Å². The lowest BCUT2D eigenvalue weighted by Gasteiger charge is -2.12. The van der Waals surface area contributed by atoms with E-state index in [1.165, 1.54) is 0 Å². The third-order valence-corrected chi connectivity index (χ3v) is 3.92. The van der Waals surface area contributed by atoms with Crippen LogP contribution in [0.3, 0.4) is 0 Å². The number of benzene rings is 1. The minimum absolute atomic E-state index is 0.519. The zero-order valence-corrected chi connectivity index (χ0v) is 12.7. The lowest BCUT2D eigenvalue weighted by molar-refractivity contribution is 0.176. The van der Waals surface area contributed by atoms with Crippen LogP contribution in [0.4, 0.5) is 0 Å². The minimum atomic E-state index is -0.519. The van der Waals surface area contributed by atoms with Crippen molar-refractivity contribution < 1.29 is 5.11 Å². The standard InChI is InChI=1S/C13H11BrINO/c14-9-4-5-12(15)11(7-9)13(17)8-10-3-1-2-6-16-10/h1-7,13,17H,8H2. The fourth-order valence-electron chi connectivity index (χ4n) is 1.60. The summed E-state index contributed by atoms with van der Waals surface area (Å²) in [7, 11) is 0. The van der Waals surface area contributed by atoms with Gasteiger partial charge in [-0.2, -0.15) is 0 Å². The summed E-state index contributed by atoms with van der Waals surface area (Å²) in [6.45, 7) is 0. The van der Waals surface area contributed by atoms with Crippen molar-refractivity contribution in [3.63, 3.8) is 0 Å². The zero-order valence-electron chi connectivity index (χ0n) is 8.98. The molecule has 0 radical (unpaired) electrons. The number of aliphatic hydroxyl groups is 1. The number of hydrogen-bond acceptors (Lipinski definition) is 2. The van der Waals surface area contributed by atoms with Crippen molar-refractivity contribution in [2.75, 3.05) is 0 Å². The van der Waals surface area contributed by atoms with Gasteiger partial charge < -0.3 is 5.11 Å². The molecule has 2 aromatic rings. The van der Waals surface area contributed by atoms with Gasteiger partial charge in [0.15, 0.2) is 0 Å². The van der Waals surface area contributed by atoms with Crippen molar-refractivity contribution in [1.29, 1.82) is 0 Å². The van der Waals surface area contributed by atoms with Gasteiger partial charge in [0.05, 0.1) is 6.10 Å². The van der Waals surface area contributed by atoms with Gasteiger partial charge >= 0.3 is 0 Å². The van der Waals surface area contributed by atoms with Crippen LogP contribution in [-0.2, 0) is 6.42 Å². The van der Waals surface area contributed by atoms with Crippen molar-refractivity contribution in [3.8, 4) is 0 Å². The maximum absolute atomic E-state index is 10.2. The third-order valence-electron chi connectivity index (χ3n) is 2.45. The molecule has 0 fully saturated rings. The molecule has 0 aliphatic rings. The normalized spacial score (nSPS) is 12.4. The molecule has 0 aliphatic heterocycles. The lowest BCUT2D eigenvalue weighted by Crippen LogP contribution is -2.05. The summed E-state index contributed by atoms with van der Waals surface area (Å²) in [5.74, 6) is 0. The Kier molecular flexibility index (Phi) is 4.53. The van der Waals surface area contributed by atoms with E-state index in [4.69, 9.17) is 0 Å². The van der Waals surface area contributed by atoms with E-state index in [0.29, 0.717) is 6.42 Å². The Balaban J connectivity index is 2.20. The summed E-state index contributed by atoms with van der Waals surface area (Å²) in [6.07, 6.45) is 1.76. The predicted molar refractivity (Wildman–Crippen MR) is 79.8 cm³/mol. The molecule has 0 spiro atoms. The summed E-state index contributed by atoms with van der Waals surface area (Å²) < 4.78 is 2.04. The Hall–Kier alpha value is -0.460. The van der Waals surface area contributed by atoms with E-state index in [2.05, 4.69) is 43.5 Å². The monoisotopic (exact) mass is 403 g/mol. The molecule has 0 saturated heterocycles. The SMILES string of the molecule is OC(Cc1ccccn1)c1cc(Br)ccc1I. The molecule has 88 valence electrons. The molecule has 1 N–H and O–H groups in total. The first-order valence-electron chi connectivity index (χ1n) is 5.20. The summed E-state index contributed by atoms with van der Waals surface area (Å²) in [6, 6.07) is 11.6. The second-order valence-corrected chi connectivity index (χ2v) is 5.78. The van der Waals surface area contributed by atoms with Gasteiger partial charge in [0.25, 0.3) is 0 Å². The number of aliphatic hydroxyl groups excluding tert-OH is 1. The van der Waals surface area contributed by atoms with Crippen LogP contribution in [0.5, 0.6) is 0 Å². The molecule has 1 atom stereocenters. The minimum Gasteiger partial charge on any atom is -0.388 e. The highest BCUT2D eigenvalue weighted by atomic mass is 127. The molecule has 4 heteroatoms. The van der Waals surface area contributed by atoms with Gasteiger partial charge in [-0.15, -0.1) is 0 Å². The Morgan fingerprint density at radius 3 is 2.82 bits per heavy atom. The first-order chi connectivity index (χ1) is 8.16. The van der Waals surface area contributed by atoms with E-state index in [-0.39, 0.29) is 0 Å². The summed E-state index contributed by atoms with van der Waals surface area (Å²) in [5, 5.41) is 10.2. The molecule has 0 saturated carbocycles. The molecule has 2 rings (SSSR count). The van der Waals surface area contributed by atoms with Gasteiger partial charge in [-0.3, -0.25) is 4.98 Å². The molecule has 1 unspecified atom stereocenters. The number of hydrogen-bond donors (Lipinski definition) is 1. The van der Waals surface area contributed by atoms with Crippen LogP contribution in [0.15, 0.2) is 47.1 Å². The highest BCUT2D eigenvalue weighted by Gasteiger charge is 2.12. The predicted octanol–water partition coefficient (Wildman–Crippen LogP) is 3.72. The largest absolute Gasteiger partial charge is 0.388 e. The molecule has 0 aliphatic carbocycles. The summed E-state index contributed by atoms with van der Waals surface area (Å²) >= 11 is 5.65. The Bertz CT molecular complexity index is 504. The van der Waals surface area contributed by atoms with E-state index in [0.717, 1.165) is 19.3 Å². The van der Waals surface area contributed by atoms with E-state index in [9.17, 15) is 5.11 Å². The van der Waals surface area contributed by atoms with Crippen LogP contribution in [0.2, 0.25) is 0 Å². The number of halogens is 2. The average molecular weight is 404 g/mol. The summed E-state index contributed by atoms with van der Waals surface area (Å²) in [4.78, 5) is 4.22. The lowest BCUT2D eigenvalue weighted by atomic mass is 10.0. The molecular formula is C13H11BrINO. The number of nitrogens with zero attached hydrogens (tertiary/aromatic N) is 1. The average Bonchev–Trinajstić information content (AvgIpc) is 2.33. The van der Waals surface area contributed by atoms with Gasteiger partial charge in [-0.05, 0) is 58.5 Å². The fraction of sp³-hybridized carbons (Fsp3) is 0.154.